The van der Waals surface area contributed by atoms with Gasteiger partial charge in [0, 0.05) is 13.1 Å². The fraction of sp³-hybridized carbons (Fsp3) is 0.875. The third-order valence-corrected chi connectivity index (χ3v) is 0.372. The number of nitrogens with one attached hydrogen (secondary N) is 1. The third-order valence-electron chi connectivity index (χ3n) is 0.372. The topological polar surface area (TPSA) is 55.1 Å². The highest BCUT2D eigenvalue weighted by Gasteiger charge is 1.69. The van der Waals surface area contributed by atoms with Crippen molar-refractivity contribution in [3.05, 3.63) is 0 Å². The number of hydrogen-bond acceptors (Lipinski definition) is 2. The molecule has 0 fully saturated rings. The summed E-state index contributed by atoms with van der Waals surface area (Å²) in [4.78, 5) is 9.40. The van der Waals surface area contributed by atoms with Crippen molar-refractivity contribution in [2.24, 2.45) is 5.73 Å². The highest BCUT2D eigenvalue weighted by molar-refractivity contribution is 5.45. The van der Waals surface area contributed by atoms with Gasteiger partial charge in [-0.3, -0.25) is 4.79 Å². The Morgan fingerprint density at radius 2 is 1.73 bits per heavy atom. The summed E-state index contributed by atoms with van der Waals surface area (Å²) in [5, 5.41) is 2.39. The van der Waals surface area contributed by atoms with E-state index in [2.05, 4.69) is 19.2 Å². The van der Waals surface area contributed by atoms with Gasteiger partial charge in [0.25, 0.3) is 0 Å². The summed E-state index contributed by atoms with van der Waals surface area (Å²) in [6.45, 7) is 9.34. The Hall–Kier alpha value is -0.570. The molecule has 11 heavy (non-hydrogen) atoms. The summed E-state index contributed by atoms with van der Waals surface area (Å²) in [5.41, 5.74) is 4.99. The maximum Gasteiger partial charge on any atom is 0.207 e. The summed E-state index contributed by atoms with van der Waals surface area (Å²) < 4.78 is 0. The summed E-state index contributed by atoms with van der Waals surface area (Å²) in [6.07, 6.45) is 1.88. The van der Waals surface area contributed by atoms with E-state index in [-0.39, 0.29) is 0 Å². The zero-order valence-electron chi connectivity index (χ0n) is 8.18. The van der Waals surface area contributed by atoms with Crippen LogP contribution in [0.2, 0.25) is 0 Å². The molecular formula is C8H22N2O. The summed E-state index contributed by atoms with van der Waals surface area (Å²) in [5.74, 6) is 0. The second-order valence-electron chi connectivity index (χ2n) is 1.57. The minimum atomic E-state index is 0.513. The molecule has 0 rings (SSSR count). The molecule has 0 aromatic rings. The first-order valence-electron chi connectivity index (χ1n) is 4.20. The van der Waals surface area contributed by atoms with Crippen LogP contribution in [0, 0.1) is 0 Å². The third kappa shape index (κ3) is 88.2. The van der Waals surface area contributed by atoms with Gasteiger partial charge in [0.05, 0.1) is 0 Å². The molecule has 70 valence electrons. The molecule has 3 heteroatoms. The fourth-order valence-electron chi connectivity index (χ4n) is 0.142. The van der Waals surface area contributed by atoms with E-state index in [1.807, 2.05) is 13.8 Å². The van der Waals surface area contributed by atoms with Crippen LogP contribution in [-0.2, 0) is 4.79 Å². The van der Waals surface area contributed by atoms with Crippen LogP contribution in [0.4, 0.5) is 0 Å². The molecular weight excluding hydrogens is 140 g/mol. The average Bonchev–Trinajstić information content (AvgIpc) is 2.06. The van der Waals surface area contributed by atoms with Crippen molar-refractivity contribution in [3.63, 3.8) is 0 Å². The number of amides is 1. The molecule has 0 unspecified atom stereocenters. The molecule has 0 atom stereocenters. The molecule has 3 N–H and O–H groups in total. The number of hydrogen-bond donors (Lipinski definition) is 2. The lowest BCUT2D eigenvalue weighted by Gasteiger charge is -1.86. The van der Waals surface area contributed by atoms with Crippen molar-refractivity contribution in [1.82, 2.24) is 5.32 Å². The maximum atomic E-state index is 9.40. The summed E-state index contributed by atoms with van der Waals surface area (Å²) in [7, 11) is 0. The second-order valence-corrected chi connectivity index (χ2v) is 1.57. The van der Waals surface area contributed by atoms with E-state index in [1.165, 1.54) is 6.42 Å². The van der Waals surface area contributed by atoms with Gasteiger partial charge in [-0.2, -0.15) is 0 Å². The molecule has 0 heterocycles. The first kappa shape index (κ1) is 16.8. The molecule has 0 spiro atoms. The highest BCUT2D eigenvalue weighted by atomic mass is 16.1. The summed E-state index contributed by atoms with van der Waals surface area (Å²) in [6, 6.07) is 0. The predicted molar refractivity (Wildman–Crippen MR) is 50.4 cm³/mol. The summed E-state index contributed by atoms with van der Waals surface area (Å²) >= 11 is 0. The lowest BCUT2D eigenvalue weighted by molar-refractivity contribution is -0.109. The van der Waals surface area contributed by atoms with Gasteiger partial charge in [-0.15, -0.1) is 0 Å². The van der Waals surface area contributed by atoms with Crippen LogP contribution in [0.15, 0.2) is 0 Å². The van der Waals surface area contributed by atoms with E-state index >= 15 is 0 Å². The Labute approximate surface area is 70.4 Å². The van der Waals surface area contributed by atoms with Gasteiger partial charge in [-0.05, 0) is 0 Å². The van der Waals surface area contributed by atoms with Crippen LogP contribution in [0.3, 0.4) is 0 Å². The van der Waals surface area contributed by atoms with Crippen molar-refractivity contribution in [2.75, 3.05) is 13.1 Å². The average molecular weight is 162 g/mol. The van der Waals surface area contributed by atoms with Crippen molar-refractivity contribution in [2.45, 2.75) is 34.1 Å². The fourth-order valence-corrected chi connectivity index (χ4v) is 0.142. The van der Waals surface area contributed by atoms with Crippen LogP contribution in [0.1, 0.15) is 34.1 Å². The Bertz CT molecular complexity index is 49.4. The standard InChI is InChI=1S/C3H8N2O.C3H8.C2H6/c4-1-2-5-3-6;1-3-2;1-2/h3H,1-2,4H2,(H,5,6);3H2,1-2H3;1-2H3. The molecule has 0 aliphatic rings. The Morgan fingerprint density at radius 3 is 1.82 bits per heavy atom. The number of rotatable bonds is 3. The van der Waals surface area contributed by atoms with Crippen LogP contribution in [0.5, 0.6) is 0 Å². The molecule has 0 radical (unpaired) electrons. The van der Waals surface area contributed by atoms with E-state index in [1.54, 1.807) is 0 Å². The monoisotopic (exact) mass is 162 g/mol. The first-order chi connectivity index (χ1) is 5.33. The lowest BCUT2D eigenvalue weighted by atomic mass is 10.6. The molecule has 0 aromatic carbocycles. The highest BCUT2D eigenvalue weighted by Crippen LogP contribution is 1.56. The molecule has 0 aliphatic heterocycles. The van der Waals surface area contributed by atoms with E-state index in [4.69, 9.17) is 5.73 Å². The van der Waals surface area contributed by atoms with Gasteiger partial charge in [0.15, 0.2) is 0 Å². The number of carbonyl (C=O) groups is 1. The molecule has 1 amide bonds. The first-order valence-corrected chi connectivity index (χ1v) is 4.20. The molecule has 0 saturated carbocycles. The molecule has 0 saturated heterocycles. The van der Waals surface area contributed by atoms with Crippen LogP contribution < -0.4 is 11.1 Å². The van der Waals surface area contributed by atoms with Crippen LogP contribution in [0.25, 0.3) is 0 Å². The number of carbonyl (C=O) groups excluding carboxylic acids is 1. The van der Waals surface area contributed by atoms with Crippen molar-refractivity contribution in [3.8, 4) is 0 Å². The van der Waals surface area contributed by atoms with Gasteiger partial charge in [0.1, 0.15) is 0 Å². The van der Waals surface area contributed by atoms with Gasteiger partial charge < -0.3 is 11.1 Å². The second kappa shape index (κ2) is 34.1. The zero-order valence-corrected chi connectivity index (χ0v) is 8.18. The molecule has 0 aliphatic carbocycles. The van der Waals surface area contributed by atoms with Gasteiger partial charge >= 0.3 is 0 Å². The smallest absolute Gasteiger partial charge is 0.207 e. The van der Waals surface area contributed by atoms with E-state index in [9.17, 15) is 4.79 Å². The Kier molecular flexibility index (Phi) is 52.2. The van der Waals surface area contributed by atoms with E-state index in [0.717, 1.165) is 0 Å². The van der Waals surface area contributed by atoms with Crippen molar-refractivity contribution in [1.29, 1.82) is 0 Å². The SMILES string of the molecule is CC.CCC.NCCNC=O. The quantitative estimate of drug-likeness (QED) is 0.483. The van der Waals surface area contributed by atoms with Crippen molar-refractivity contribution < 1.29 is 4.79 Å². The normalized spacial score (nSPS) is 6.27. The van der Waals surface area contributed by atoms with Crippen LogP contribution >= 0.6 is 0 Å². The largest absolute Gasteiger partial charge is 0.357 e. The predicted octanol–water partition coefficient (Wildman–Crippen LogP) is 1.13. The molecule has 0 bridgehead atoms. The van der Waals surface area contributed by atoms with E-state index < -0.39 is 0 Å². The lowest BCUT2D eigenvalue weighted by Crippen LogP contribution is -2.20. The maximum absolute atomic E-state index is 9.40. The van der Waals surface area contributed by atoms with E-state index in [0.29, 0.717) is 19.5 Å². The van der Waals surface area contributed by atoms with Gasteiger partial charge in [0.2, 0.25) is 6.41 Å². The molecule has 3 nitrogen and oxygen atoms in total. The Balaban J connectivity index is -0.000000109. The zero-order chi connectivity index (χ0) is 9.54. The van der Waals surface area contributed by atoms with Crippen molar-refractivity contribution >= 4 is 6.41 Å². The minimum absolute atomic E-state index is 0.513. The Morgan fingerprint density at radius 1 is 1.36 bits per heavy atom. The van der Waals surface area contributed by atoms with Crippen LogP contribution in [-0.4, -0.2) is 19.5 Å². The minimum Gasteiger partial charge on any atom is -0.357 e. The number of nitrogens with two attached hydrogens (primary N) is 1. The van der Waals surface area contributed by atoms with Gasteiger partial charge in [-0.1, -0.05) is 34.1 Å². The van der Waals surface area contributed by atoms with Gasteiger partial charge in [-0.25, -0.2) is 0 Å². The molecule has 0 aromatic heterocycles.